The molecule has 33 heavy (non-hydrogen) atoms. The van der Waals surface area contributed by atoms with Crippen LogP contribution in [0.15, 0.2) is 18.2 Å². The van der Waals surface area contributed by atoms with Crippen LogP contribution in [0.3, 0.4) is 0 Å². The minimum Gasteiger partial charge on any atom is -0.453 e. The number of carbonyl (C=O) groups excluding carboxylic acids is 2. The van der Waals surface area contributed by atoms with Crippen LogP contribution in [0.5, 0.6) is 0 Å². The molecule has 2 N–H and O–H groups in total. The quantitative estimate of drug-likeness (QED) is 0.591. The number of rotatable bonds is 6. The third-order valence-corrected chi connectivity index (χ3v) is 6.27. The Balaban J connectivity index is 1.83. The van der Waals surface area contributed by atoms with Gasteiger partial charge in [0.15, 0.2) is 0 Å². The summed E-state index contributed by atoms with van der Waals surface area (Å²) in [4.78, 5) is 30.5. The van der Waals surface area contributed by atoms with E-state index in [0.717, 1.165) is 38.1 Å². The Morgan fingerprint density at radius 1 is 1.21 bits per heavy atom. The zero-order valence-electron chi connectivity index (χ0n) is 18.1. The number of halogens is 3. The fourth-order valence-corrected chi connectivity index (χ4v) is 4.77. The van der Waals surface area contributed by atoms with Crippen molar-refractivity contribution in [2.45, 2.75) is 31.5 Å². The van der Waals surface area contributed by atoms with Crippen LogP contribution in [-0.2, 0) is 33.4 Å². The van der Waals surface area contributed by atoms with E-state index in [1.807, 2.05) is 4.72 Å². The van der Waals surface area contributed by atoms with Gasteiger partial charge >= 0.3 is 12.3 Å². The number of nitrogens with one attached hydrogen (secondary N) is 1. The molecule has 2 fully saturated rings. The van der Waals surface area contributed by atoms with Crippen molar-refractivity contribution in [1.29, 1.82) is 0 Å². The molecular weight excluding hydrogens is 465 g/mol. The van der Waals surface area contributed by atoms with E-state index in [0.29, 0.717) is 6.54 Å². The number of hydrogen-bond donors (Lipinski definition) is 2. The molecule has 13 heteroatoms. The Labute approximate surface area is 192 Å². The summed E-state index contributed by atoms with van der Waals surface area (Å²) in [6.07, 6.45) is -3.58. The van der Waals surface area contributed by atoms with Crippen LogP contribution in [0.25, 0.3) is 0 Å². The minimum atomic E-state index is -4.77. The average molecular weight is 493 g/mol. The summed E-state index contributed by atoms with van der Waals surface area (Å²) in [5, 5.41) is 0. The summed E-state index contributed by atoms with van der Waals surface area (Å²) >= 11 is -2.75. The van der Waals surface area contributed by atoms with Crippen molar-refractivity contribution in [3.63, 3.8) is 0 Å². The van der Waals surface area contributed by atoms with Crippen molar-refractivity contribution < 1.29 is 36.3 Å². The maximum absolute atomic E-state index is 13.4. The zero-order valence-corrected chi connectivity index (χ0v) is 19.0. The number of likely N-dealkylation sites (tertiary alicyclic amines) is 1. The largest absolute Gasteiger partial charge is 0.453 e. The normalized spacial score (nSPS) is 20.6. The van der Waals surface area contributed by atoms with Crippen LogP contribution in [0.2, 0.25) is 0 Å². The highest BCUT2D eigenvalue weighted by atomic mass is 32.2. The Morgan fingerprint density at radius 2 is 1.91 bits per heavy atom. The molecule has 0 aliphatic carbocycles. The first-order valence-electron chi connectivity index (χ1n) is 10.5. The zero-order chi connectivity index (χ0) is 24.2. The third kappa shape index (κ3) is 6.36. The highest BCUT2D eigenvalue weighted by Gasteiger charge is 2.37. The van der Waals surface area contributed by atoms with Crippen LogP contribution in [0, 0.1) is 0 Å². The van der Waals surface area contributed by atoms with Crippen molar-refractivity contribution >= 4 is 29.0 Å². The van der Waals surface area contributed by atoms with Gasteiger partial charge in [0.05, 0.1) is 30.8 Å². The Kier molecular flexibility index (Phi) is 8.19. The Morgan fingerprint density at radius 3 is 2.52 bits per heavy atom. The van der Waals surface area contributed by atoms with E-state index < -0.39 is 47.1 Å². The molecular formula is C20H27F3N4O5S. The van der Waals surface area contributed by atoms with Crippen molar-refractivity contribution in [1.82, 2.24) is 14.7 Å². The SMILES string of the molecule is COC(=O)N1CCN(C(=O)Cc2cccc(C(F)(F)F)c2NS(=O)O)C(CN2CCCC2)C1. The van der Waals surface area contributed by atoms with E-state index in [9.17, 15) is 27.0 Å². The molecule has 0 radical (unpaired) electrons. The topological polar surface area (TPSA) is 102 Å². The van der Waals surface area contributed by atoms with Gasteiger partial charge in [0, 0.05) is 26.2 Å². The molecule has 2 heterocycles. The molecule has 2 atom stereocenters. The second kappa shape index (κ2) is 10.7. The number of amides is 2. The van der Waals surface area contributed by atoms with Gasteiger partial charge in [-0.1, -0.05) is 12.1 Å². The summed E-state index contributed by atoms with van der Waals surface area (Å²) in [5.74, 6) is -0.421. The minimum absolute atomic E-state index is 0.0347. The van der Waals surface area contributed by atoms with E-state index in [2.05, 4.69) is 4.90 Å². The predicted octanol–water partition coefficient (Wildman–Crippen LogP) is 2.17. The van der Waals surface area contributed by atoms with Gasteiger partial charge in [-0.05, 0) is 37.6 Å². The van der Waals surface area contributed by atoms with Gasteiger partial charge in [0.1, 0.15) is 0 Å². The summed E-state index contributed by atoms with van der Waals surface area (Å²) in [5.41, 5.74) is -1.75. The molecule has 3 rings (SSSR count). The van der Waals surface area contributed by atoms with Gasteiger partial charge in [0.2, 0.25) is 5.91 Å². The first kappa shape index (κ1) is 25.2. The van der Waals surface area contributed by atoms with E-state index in [4.69, 9.17) is 9.29 Å². The lowest BCUT2D eigenvalue weighted by atomic mass is 10.0. The molecule has 2 amide bonds. The molecule has 0 saturated carbocycles. The molecule has 1 aromatic carbocycles. The number of methoxy groups -OCH3 is 1. The lowest BCUT2D eigenvalue weighted by molar-refractivity contribution is -0.138. The molecule has 1 aromatic rings. The monoisotopic (exact) mass is 492 g/mol. The third-order valence-electron chi connectivity index (χ3n) is 5.89. The first-order valence-corrected chi connectivity index (χ1v) is 11.6. The van der Waals surface area contributed by atoms with E-state index in [-0.39, 0.29) is 31.2 Å². The molecule has 9 nitrogen and oxygen atoms in total. The van der Waals surface area contributed by atoms with Crippen molar-refractivity contribution in [2.24, 2.45) is 0 Å². The molecule has 2 aliphatic heterocycles. The van der Waals surface area contributed by atoms with Crippen LogP contribution in [-0.4, -0.2) is 87.9 Å². The molecule has 0 bridgehead atoms. The van der Waals surface area contributed by atoms with Gasteiger partial charge in [-0.3, -0.25) is 14.1 Å². The molecule has 0 spiro atoms. The second-order valence-electron chi connectivity index (χ2n) is 8.03. The predicted molar refractivity (Wildman–Crippen MR) is 115 cm³/mol. The molecule has 0 aromatic heterocycles. The van der Waals surface area contributed by atoms with E-state index >= 15 is 0 Å². The van der Waals surface area contributed by atoms with Gasteiger partial charge in [-0.15, -0.1) is 0 Å². The average Bonchev–Trinajstić information content (AvgIpc) is 3.26. The summed E-state index contributed by atoms with van der Waals surface area (Å²) in [6.45, 7) is 2.99. The van der Waals surface area contributed by atoms with Crippen LogP contribution >= 0.6 is 0 Å². The fourth-order valence-electron chi connectivity index (χ4n) is 4.35. The molecule has 184 valence electrons. The lowest BCUT2D eigenvalue weighted by Gasteiger charge is -2.42. The maximum atomic E-state index is 13.4. The number of nitrogens with zero attached hydrogens (tertiary/aromatic N) is 3. The Bertz CT molecular complexity index is 895. The molecule has 2 unspecified atom stereocenters. The van der Waals surface area contributed by atoms with Crippen molar-refractivity contribution in [2.75, 3.05) is 51.1 Å². The van der Waals surface area contributed by atoms with Gasteiger partial charge in [0.25, 0.3) is 11.3 Å². The number of para-hydroxylation sites is 1. The number of ether oxygens (including phenoxy) is 1. The standard InChI is InChI=1S/C20H27F3N4O5S/c1-32-19(29)26-9-10-27(15(13-26)12-25-7-2-3-8-25)17(28)11-14-5-4-6-16(20(21,22)23)18(14)24-33(30)31/h4-6,15,24H,2-3,7-13H2,1H3,(H,30,31). The van der Waals surface area contributed by atoms with Crippen LogP contribution in [0.1, 0.15) is 24.0 Å². The number of anilines is 1. The highest BCUT2D eigenvalue weighted by Crippen LogP contribution is 2.37. The maximum Gasteiger partial charge on any atom is 0.418 e. The first-order chi connectivity index (χ1) is 15.6. The van der Waals surface area contributed by atoms with Gasteiger partial charge in [-0.25, -0.2) is 9.00 Å². The number of piperazine rings is 1. The molecule has 2 aliphatic rings. The second-order valence-corrected chi connectivity index (χ2v) is 8.73. The fraction of sp³-hybridized carbons (Fsp3) is 0.600. The number of benzene rings is 1. The number of alkyl halides is 3. The highest BCUT2D eigenvalue weighted by molar-refractivity contribution is 7.80. The van der Waals surface area contributed by atoms with Gasteiger partial charge < -0.3 is 19.4 Å². The van der Waals surface area contributed by atoms with Crippen molar-refractivity contribution in [3.05, 3.63) is 29.3 Å². The van der Waals surface area contributed by atoms with E-state index in [1.54, 1.807) is 4.90 Å². The molecule has 2 saturated heterocycles. The van der Waals surface area contributed by atoms with Crippen molar-refractivity contribution in [3.8, 4) is 0 Å². The summed E-state index contributed by atoms with van der Waals surface area (Å²) in [7, 11) is 1.28. The van der Waals surface area contributed by atoms with Crippen LogP contribution < -0.4 is 4.72 Å². The number of carbonyl (C=O) groups is 2. The summed E-state index contributed by atoms with van der Waals surface area (Å²) < 4.78 is 67.4. The van der Waals surface area contributed by atoms with E-state index in [1.165, 1.54) is 18.1 Å². The summed E-state index contributed by atoms with van der Waals surface area (Å²) in [6, 6.07) is 2.92. The van der Waals surface area contributed by atoms with Crippen LogP contribution in [0.4, 0.5) is 23.7 Å². The smallest absolute Gasteiger partial charge is 0.418 e. The number of hydrogen-bond acceptors (Lipinski definition) is 5. The van der Waals surface area contributed by atoms with Gasteiger partial charge in [-0.2, -0.15) is 13.2 Å². The lowest BCUT2D eigenvalue weighted by Crippen LogP contribution is -2.59. The Hall–Kier alpha value is -2.38.